The molecule has 0 saturated heterocycles. The first kappa shape index (κ1) is 13.2. The average molecular weight is 289 g/mol. The van der Waals surface area contributed by atoms with Gasteiger partial charge in [0.2, 0.25) is 0 Å². The Kier molecular flexibility index (Phi) is 3.82. The molecule has 1 aromatic heterocycles. The van der Waals surface area contributed by atoms with Gasteiger partial charge >= 0.3 is 0 Å². The van der Waals surface area contributed by atoms with Gasteiger partial charge in [-0.05, 0) is 12.5 Å². The Labute approximate surface area is 112 Å². The Balaban J connectivity index is 2.39. The van der Waals surface area contributed by atoms with Crippen molar-refractivity contribution in [2.45, 2.75) is 19.8 Å². The van der Waals surface area contributed by atoms with Gasteiger partial charge in [-0.15, -0.1) is 11.3 Å². The summed E-state index contributed by atoms with van der Waals surface area (Å²) in [5.41, 5.74) is 6.73. The zero-order valence-corrected chi connectivity index (χ0v) is 11.2. The molecule has 0 aliphatic carbocycles. The lowest BCUT2D eigenvalue weighted by molar-refractivity contribution is 0.575. The zero-order valence-electron chi connectivity index (χ0n) is 9.64. The predicted octanol–water partition coefficient (Wildman–Crippen LogP) is 3.81. The van der Waals surface area contributed by atoms with E-state index in [1.54, 1.807) is 0 Å². The van der Waals surface area contributed by atoms with Gasteiger partial charge in [0.15, 0.2) is 5.13 Å². The van der Waals surface area contributed by atoms with E-state index in [0.29, 0.717) is 11.6 Å². The number of thiazole rings is 1. The fraction of sp³-hybridized carbons (Fsp3) is 0.250. The second-order valence-electron chi connectivity index (χ2n) is 3.80. The first-order chi connectivity index (χ1) is 8.51. The van der Waals surface area contributed by atoms with Crippen molar-refractivity contribution in [2.75, 3.05) is 5.73 Å². The fourth-order valence-electron chi connectivity index (χ4n) is 1.72. The van der Waals surface area contributed by atoms with Crippen LogP contribution in [0.25, 0.3) is 0 Å². The Hall–Kier alpha value is -1.20. The summed E-state index contributed by atoms with van der Waals surface area (Å²) in [5.74, 6) is -1.32. The van der Waals surface area contributed by atoms with Crippen LogP contribution in [0.15, 0.2) is 12.1 Å². The number of hydrogen-bond acceptors (Lipinski definition) is 3. The number of rotatable bonds is 3. The van der Waals surface area contributed by atoms with E-state index in [-0.39, 0.29) is 17.0 Å². The fourth-order valence-corrected chi connectivity index (χ4v) is 2.91. The largest absolute Gasteiger partial charge is 0.375 e. The van der Waals surface area contributed by atoms with E-state index in [1.165, 1.54) is 11.3 Å². The highest BCUT2D eigenvalue weighted by atomic mass is 35.5. The SMILES string of the molecule is CCc1nc(N)sc1Cc1c(F)cc(F)cc1Cl. The van der Waals surface area contributed by atoms with Gasteiger partial charge < -0.3 is 5.73 Å². The predicted molar refractivity (Wildman–Crippen MR) is 70.1 cm³/mol. The summed E-state index contributed by atoms with van der Waals surface area (Å²) in [6, 6.07) is 1.94. The summed E-state index contributed by atoms with van der Waals surface area (Å²) in [6.45, 7) is 1.95. The van der Waals surface area contributed by atoms with Crippen LogP contribution in [0.1, 0.15) is 23.1 Å². The quantitative estimate of drug-likeness (QED) is 0.933. The standard InChI is InChI=1S/C12H11ClF2N2S/c1-2-10-11(18-12(16)17-10)5-7-8(13)3-6(14)4-9(7)15/h3-4H,2,5H2,1H3,(H2,16,17). The number of halogens is 3. The van der Waals surface area contributed by atoms with Crippen molar-refractivity contribution in [3.8, 4) is 0 Å². The molecule has 1 heterocycles. The smallest absolute Gasteiger partial charge is 0.180 e. The Morgan fingerprint density at radius 3 is 2.72 bits per heavy atom. The van der Waals surface area contributed by atoms with Crippen LogP contribution in [-0.2, 0) is 12.8 Å². The number of hydrogen-bond donors (Lipinski definition) is 1. The van der Waals surface area contributed by atoms with Crippen LogP contribution in [0.3, 0.4) is 0 Å². The molecule has 0 fully saturated rings. The molecule has 96 valence electrons. The number of nitrogens with zero attached hydrogens (tertiary/aromatic N) is 1. The maximum absolute atomic E-state index is 13.7. The van der Waals surface area contributed by atoms with E-state index in [1.807, 2.05) is 6.92 Å². The summed E-state index contributed by atoms with van der Waals surface area (Å²) in [4.78, 5) is 5.02. The summed E-state index contributed by atoms with van der Waals surface area (Å²) >= 11 is 7.16. The number of benzene rings is 1. The van der Waals surface area contributed by atoms with Gasteiger partial charge in [0.05, 0.1) is 5.69 Å². The molecule has 0 amide bonds. The van der Waals surface area contributed by atoms with Crippen molar-refractivity contribution in [2.24, 2.45) is 0 Å². The molecule has 6 heteroatoms. The van der Waals surface area contributed by atoms with Crippen LogP contribution >= 0.6 is 22.9 Å². The van der Waals surface area contributed by atoms with Crippen LogP contribution in [0.2, 0.25) is 5.02 Å². The normalized spacial score (nSPS) is 10.9. The molecular formula is C12H11ClF2N2S. The van der Waals surface area contributed by atoms with Crippen molar-refractivity contribution in [3.63, 3.8) is 0 Å². The Morgan fingerprint density at radius 2 is 2.11 bits per heavy atom. The third kappa shape index (κ3) is 2.62. The molecule has 0 spiro atoms. The molecule has 2 nitrogen and oxygen atoms in total. The number of anilines is 1. The Morgan fingerprint density at radius 1 is 1.39 bits per heavy atom. The minimum Gasteiger partial charge on any atom is -0.375 e. The molecule has 0 radical (unpaired) electrons. The molecule has 0 aliphatic rings. The molecule has 0 unspecified atom stereocenters. The van der Waals surface area contributed by atoms with Crippen molar-refractivity contribution in [1.29, 1.82) is 0 Å². The van der Waals surface area contributed by atoms with Crippen molar-refractivity contribution in [1.82, 2.24) is 4.98 Å². The third-order valence-electron chi connectivity index (χ3n) is 2.57. The van der Waals surface area contributed by atoms with E-state index in [9.17, 15) is 8.78 Å². The topological polar surface area (TPSA) is 38.9 Å². The van der Waals surface area contributed by atoms with E-state index >= 15 is 0 Å². The summed E-state index contributed by atoms with van der Waals surface area (Å²) in [7, 11) is 0. The van der Waals surface area contributed by atoms with Gasteiger partial charge in [0.1, 0.15) is 11.6 Å². The highest BCUT2D eigenvalue weighted by molar-refractivity contribution is 7.15. The lowest BCUT2D eigenvalue weighted by Crippen LogP contribution is -1.97. The number of aryl methyl sites for hydroxylation is 1. The van der Waals surface area contributed by atoms with E-state index in [2.05, 4.69) is 4.98 Å². The van der Waals surface area contributed by atoms with Gasteiger partial charge in [0.25, 0.3) is 0 Å². The molecule has 18 heavy (non-hydrogen) atoms. The summed E-state index contributed by atoms with van der Waals surface area (Å²) < 4.78 is 26.6. The molecule has 1 aromatic carbocycles. The summed E-state index contributed by atoms with van der Waals surface area (Å²) in [6.07, 6.45) is 0.993. The van der Waals surface area contributed by atoms with Crippen LogP contribution in [0, 0.1) is 11.6 Å². The first-order valence-electron chi connectivity index (χ1n) is 5.38. The molecule has 0 aliphatic heterocycles. The monoisotopic (exact) mass is 288 g/mol. The van der Waals surface area contributed by atoms with E-state index in [0.717, 1.165) is 22.7 Å². The lowest BCUT2D eigenvalue weighted by Gasteiger charge is -2.05. The molecule has 2 aromatic rings. The zero-order chi connectivity index (χ0) is 13.3. The van der Waals surface area contributed by atoms with Gasteiger partial charge in [-0.3, -0.25) is 0 Å². The maximum Gasteiger partial charge on any atom is 0.180 e. The molecule has 2 rings (SSSR count). The first-order valence-corrected chi connectivity index (χ1v) is 6.58. The van der Waals surface area contributed by atoms with Crippen molar-refractivity contribution >= 4 is 28.1 Å². The van der Waals surface area contributed by atoms with Crippen molar-refractivity contribution in [3.05, 3.63) is 44.9 Å². The van der Waals surface area contributed by atoms with Gasteiger partial charge in [-0.1, -0.05) is 18.5 Å². The lowest BCUT2D eigenvalue weighted by atomic mass is 10.1. The molecule has 0 atom stereocenters. The number of nitrogen functional groups attached to an aromatic ring is 1. The highest BCUT2D eigenvalue weighted by Crippen LogP contribution is 2.29. The van der Waals surface area contributed by atoms with Gasteiger partial charge in [-0.25, -0.2) is 13.8 Å². The van der Waals surface area contributed by atoms with Crippen LogP contribution in [0.5, 0.6) is 0 Å². The Bertz CT molecular complexity index is 560. The van der Waals surface area contributed by atoms with Crippen LogP contribution in [0.4, 0.5) is 13.9 Å². The third-order valence-corrected chi connectivity index (χ3v) is 3.84. The van der Waals surface area contributed by atoms with Gasteiger partial charge in [-0.2, -0.15) is 0 Å². The average Bonchev–Trinajstić information content (AvgIpc) is 2.64. The molecule has 0 saturated carbocycles. The second-order valence-corrected chi connectivity index (χ2v) is 5.32. The number of aromatic nitrogens is 1. The maximum atomic E-state index is 13.7. The van der Waals surface area contributed by atoms with Crippen LogP contribution < -0.4 is 5.73 Å². The van der Waals surface area contributed by atoms with E-state index < -0.39 is 11.6 Å². The minimum atomic E-state index is -0.680. The number of nitrogens with two attached hydrogens (primary N) is 1. The van der Waals surface area contributed by atoms with Crippen molar-refractivity contribution < 1.29 is 8.78 Å². The molecule has 0 bridgehead atoms. The van der Waals surface area contributed by atoms with E-state index in [4.69, 9.17) is 17.3 Å². The molecular weight excluding hydrogens is 278 g/mol. The second kappa shape index (κ2) is 5.20. The molecule has 2 N–H and O–H groups in total. The van der Waals surface area contributed by atoms with Gasteiger partial charge in [0, 0.05) is 28.0 Å². The highest BCUT2D eigenvalue weighted by Gasteiger charge is 2.15. The minimum absolute atomic E-state index is 0.0847. The summed E-state index contributed by atoms with van der Waals surface area (Å²) in [5, 5.41) is 0.530. The van der Waals surface area contributed by atoms with Crippen LogP contribution in [-0.4, -0.2) is 4.98 Å².